The van der Waals surface area contributed by atoms with Crippen molar-refractivity contribution < 1.29 is 5.11 Å². The second kappa shape index (κ2) is 4.09. The molecular weight excluding hydrogens is 178 g/mol. The number of aryl methyl sites for hydroxylation is 2. The van der Waals surface area contributed by atoms with Crippen LogP contribution in [0.15, 0.2) is 0 Å². The highest BCUT2D eigenvalue weighted by Gasteiger charge is 2.23. The van der Waals surface area contributed by atoms with E-state index in [1.165, 1.54) is 0 Å². The highest BCUT2D eigenvalue weighted by atomic mass is 16.3. The summed E-state index contributed by atoms with van der Waals surface area (Å²) < 4.78 is 2.15. The predicted molar refractivity (Wildman–Crippen MR) is 53.1 cm³/mol. The van der Waals surface area contributed by atoms with Crippen LogP contribution in [0.3, 0.4) is 0 Å². The Labute approximate surface area is 84.0 Å². The minimum absolute atomic E-state index is 0.210. The molecule has 0 bridgehead atoms. The van der Waals surface area contributed by atoms with Gasteiger partial charge in [-0.15, -0.1) is 10.2 Å². The molecule has 0 saturated heterocycles. The third-order valence-corrected chi connectivity index (χ3v) is 2.82. The van der Waals surface area contributed by atoms with Crippen molar-refractivity contribution in [1.29, 1.82) is 0 Å². The Morgan fingerprint density at radius 3 is 3.07 bits per heavy atom. The standard InChI is InChI=1S/C10H17N3O/c1-2-4-9-11-12-10-6-3-5-8(7-14)13(9)10/h8,14H,2-7H2,1H3. The van der Waals surface area contributed by atoms with Gasteiger partial charge in [-0.25, -0.2) is 0 Å². The molecule has 0 amide bonds. The van der Waals surface area contributed by atoms with Crippen LogP contribution >= 0.6 is 0 Å². The van der Waals surface area contributed by atoms with Crippen LogP contribution in [0, 0.1) is 0 Å². The van der Waals surface area contributed by atoms with E-state index in [4.69, 9.17) is 0 Å². The number of aliphatic hydroxyl groups excluding tert-OH is 1. The number of aromatic nitrogens is 3. The molecule has 1 atom stereocenters. The van der Waals surface area contributed by atoms with E-state index in [-0.39, 0.29) is 12.6 Å². The third kappa shape index (κ3) is 1.54. The molecule has 0 aliphatic carbocycles. The average Bonchev–Trinajstić information content (AvgIpc) is 2.62. The maximum atomic E-state index is 9.27. The molecule has 0 aromatic carbocycles. The van der Waals surface area contributed by atoms with Crippen LogP contribution in [0.5, 0.6) is 0 Å². The van der Waals surface area contributed by atoms with E-state index in [1.54, 1.807) is 0 Å². The Balaban J connectivity index is 2.31. The molecular formula is C10H17N3O. The van der Waals surface area contributed by atoms with Gasteiger partial charge in [-0.1, -0.05) is 6.92 Å². The van der Waals surface area contributed by atoms with Crippen LogP contribution in [-0.4, -0.2) is 26.5 Å². The van der Waals surface area contributed by atoms with Gasteiger partial charge in [-0.2, -0.15) is 0 Å². The minimum atomic E-state index is 0.210. The van der Waals surface area contributed by atoms with Gasteiger partial charge >= 0.3 is 0 Å². The fourth-order valence-electron chi connectivity index (χ4n) is 2.14. The molecule has 4 nitrogen and oxygen atoms in total. The molecule has 1 aromatic heterocycles. The lowest BCUT2D eigenvalue weighted by Crippen LogP contribution is -2.22. The first-order valence-corrected chi connectivity index (χ1v) is 5.40. The Morgan fingerprint density at radius 2 is 2.36 bits per heavy atom. The van der Waals surface area contributed by atoms with Crippen LogP contribution in [0.2, 0.25) is 0 Å². The van der Waals surface area contributed by atoms with Crippen molar-refractivity contribution in [3.8, 4) is 0 Å². The maximum Gasteiger partial charge on any atom is 0.133 e. The average molecular weight is 195 g/mol. The summed E-state index contributed by atoms with van der Waals surface area (Å²) in [5.41, 5.74) is 0. The van der Waals surface area contributed by atoms with Gasteiger partial charge in [-0.3, -0.25) is 0 Å². The van der Waals surface area contributed by atoms with E-state index in [1.807, 2.05) is 0 Å². The van der Waals surface area contributed by atoms with Crippen molar-refractivity contribution in [2.45, 2.75) is 45.1 Å². The topological polar surface area (TPSA) is 50.9 Å². The molecule has 0 radical (unpaired) electrons. The maximum absolute atomic E-state index is 9.27. The lowest BCUT2D eigenvalue weighted by atomic mass is 10.0. The first-order chi connectivity index (χ1) is 6.86. The summed E-state index contributed by atoms with van der Waals surface area (Å²) in [6, 6.07) is 0.218. The van der Waals surface area contributed by atoms with E-state index >= 15 is 0 Å². The highest BCUT2D eigenvalue weighted by Crippen LogP contribution is 2.24. The molecule has 14 heavy (non-hydrogen) atoms. The smallest absolute Gasteiger partial charge is 0.133 e. The molecule has 78 valence electrons. The van der Waals surface area contributed by atoms with Gasteiger partial charge in [0.25, 0.3) is 0 Å². The lowest BCUT2D eigenvalue weighted by molar-refractivity contribution is 0.203. The predicted octanol–water partition coefficient (Wildman–Crippen LogP) is 1.10. The molecule has 1 N–H and O–H groups in total. The Kier molecular flexibility index (Phi) is 2.82. The number of aliphatic hydroxyl groups is 1. The zero-order valence-corrected chi connectivity index (χ0v) is 8.61. The summed E-state index contributed by atoms with van der Waals surface area (Å²) in [5, 5.41) is 17.6. The summed E-state index contributed by atoms with van der Waals surface area (Å²) in [5.74, 6) is 2.10. The van der Waals surface area contributed by atoms with Gasteiger partial charge < -0.3 is 9.67 Å². The van der Waals surface area contributed by atoms with E-state index in [9.17, 15) is 5.11 Å². The molecule has 2 rings (SSSR count). The molecule has 2 heterocycles. The quantitative estimate of drug-likeness (QED) is 0.785. The molecule has 0 fully saturated rings. The first kappa shape index (κ1) is 9.65. The zero-order valence-electron chi connectivity index (χ0n) is 8.61. The number of nitrogens with zero attached hydrogens (tertiary/aromatic N) is 3. The third-order valence-electron chi connectivity index (χ3n) is 2.82. The molecule has 1 aliphatic heterocycles. The van der Waals surface area contributed by atoms with Crippen LogP contribution in [0.4, 0.5) is 0 Å². The van der Waals surface area contributed by atoms with Crippen LogP contribution in [-0.2, 0) is 12.8 Å². The monoisotopic (exact) mass is 195 g/mol. The van der Waals surface area contributed by atoms with E-state index < -0.39 is 0 Å². The largest absolute Gasteiger partial charge is 0.394 e. The molecule has 4 heteroatoms. The van der Waals surface area contributed by atoms with Gasteiger partial charge in [0.2, 0.25) is 0 Å². The summed E-state index contributed by atoms with van der Waals surface area (Å²) in [7, 11) is 0. The van der Waals surface area contributed by atoms with Crippen molar-refractivity contribution in [3.05, 3.63) is 11.6 Å². The van der Waals surface area contributed by atoms with Crippen LogP contribution in [0.1, 0.15) is 43.9 Å². The molecule has 0 spiro atoms. The Morgan fingerprint density at radius 1 is 1.50 bits per heavy atom. The number of fused-ring (bicyclic) bond motifs is 1. The fraction of sp³-hybridized carbons (Fsp3) is 0.800. The van der Waals surface area contributed by atoms with E-state index in [0.29, 0.717) is 0 Å². The summed E-state index contributed by atoms with van der Waals surface area (Å²) in [6.07, 6.45) is 5.22. The highest BCUT2D eigenvalue weighted by molar-refractivity contribution is 5.02. The van der Waals surface area contributed by atoms with Gasteiger partial charge in [0, 0.05) is 12.8 Å². The first-order valence-electron chi connectivity index (χ1n) is 5.40. The van der Waals surface area contributed by atoms with Crippen molar-refractivity contribution in [1.82, 2.24) is 14.8 Å². The molecule has 1 unspecified atom stereocenters. The van der Waals surface area contributed by atoms with Crippen molar-refractivity contribution in [3.63, 3.8) is 0 Å². The summed E-state index contributed by atoms with van der Waals surface area (Å²) in [6.45, 7) is 2.35. The van der Waals surface area contributed by atoms with Gasteiger partial charge in [0.15, 0.2) is 0 Å². The van der Waals surface area contributed by atoms with E-state index in [0.717, 1.165) is 43.8 Å². The molecule has 1 aromatic rings. The number of rotatable bonds is 3. The molecule has 1 aliphatic rings. The normalized spacial score (nSPS) is 20.9. The number of hydrogen-bond donors (Lipinski definition) is 1. The van der Waals surface area contributed by atoms with Crippen LogP contribution in [0.25, 0.3) is 0 Å². The van der Waals surface area contributed by atoms with Gasteiger partial charge in [0.05, 0.1) is 12.6 Å². The zero-order chi connectivity index (χ0) is 9.97. The van der Waals surface area contributed by atoms with Crippen molar-refractivity contribution in [2.24, 2.45) is 0 Å². The summed E-state index contributed by atoms with van der Waals surface area (Å²) in [4.78, 5) is 0. The minimum Gasteiger partial charge on any atom is -0.394 e. The lowest BCUT2D eigenvalue weighted by Gasteiger charge is -2.24. The van der Waals surface area contributed by atoms with Crippen LogP contribution < -0.4 is 0 Å². The van der Waals surface area contributed by atoms with E-state index in [2.05, 4.69) is 21.7 Å². The van der Waals surface area contributed by atoms with Gasteiger partial charge in [-0.05, 0) is 19.3 Å². The Bertz CT molecular complexity index is 308. The van der Waals surface area contributed by atoms with Gasteiger partial charge in [0.1, 0.15) is 11.6 Å². The second-order valence-corrected chi connectivity index (χ2v) is 3.88. The fourth-order valence-corrected chi connectivity index (χ4v) is 2.14. The SMILES string of the molecule is CCCc1nnc2n1C(CO)CCC2. The second-order valence-electron chi connectivity index (χ2n) is 3.88. The molecule has 0 saturated carbocycles. The Hall–Kier alpha value is -0.900. The number of hydrogen-bond acceptors (Lipinski definition) is 3. The summed E-state index contributed by atoms with van der Waals surface area (Å²) >= 11 is 0. The van der Waals surface area contributed by atoms with Crippen molar-refractivity contribution >= 4 is 0 Å². The van der Waals surface area contributed by atoms with Crippen molar-refractivity contribution in [2.75, 3.05) is 6.61 Å².